The van der Waals surface area contributed by atoms with Gasteiger partial charge in [0.2, 0.25) is 5.91 Å². The van der Waals surface area contributed by atoms with E-state index in [1.54, 1.807) is 28.7 Å². The monoisotopic (exact) mass is 447 g/mol. The molecule has 0 aliphatic carbocycles. The third-order valence-electron chi connectivity index (χ3n) is 4.59. The lowest BCUT2D eigenvalue weighted by Gasteiger charge is -2.21. The first-order chi connectivity index (χ1) is 14.8. The molecule has 0 radical (unpaired) electrons. The minimum absolute atomic E-state index is 0.0587. The van der Waals surface area contributed by atoms with Gasteiger partial charge < -0.3 is 14.4 Å². The van der Waals surface area contributed by atoms with E-state index < -0.39 is 5.97 Å². The smallest absolute Gasteiger partial charge is 0.337 e. The summed E-state index contributed by atoms with van der Waals surface area (Å²) in [7, 11) is 2.90. The van der Waals surface area contributed by atoms with Gasteiger partial charge in [0, 0.05) is 33.4 Å². The van der Waals surface area contributed by atoms with Crippen LogP contribution in [0.1, 0.15) is 30.6 Å². The molecule has 0 saturated heterocycles. The summed E-state index contributed by atoms with van der Waals surface area (Å²) in [5.41, 5.74) is 1.38. The highest BCUT2D eigenvalue weighted by molar-refractivity contribution is 7.99. The number of rotatable bonds is 11. The number of thioether (sulfide) groups is 1. The lowest BCUT2D eigenvalue weighted by Crippen LogP contribution is -2.34. The zero-order chi connectivity index (χ0) is 23.0. The van der Waals surface area contributed by atoms with Crippen LogP contribution in [0.3, 0.4) is 0 Å². The van der Waals surface area contributed by atoms with Crippen molar-refractivity contribution in [3.8, 4) is 0 Å². The van der Waals surface area contributed by atoms with Crippen LogP contribution in [0, 0.1) is 0 Å². The molecule has 0 saturated carbocycles. The molecule has 1 heterocycles. The van der Waals surface area contributed by atoms with Crippen molar-refractivity contribution in [3.05, 3.63) is 46.3 Å². The number of likely N-dealkylation sites (N-methyl/N-ethyl adjacent to an activating group) is 1. The molecule has 31 heavy (non-hydrogen) atoms. The van der Waals surface area contributed by atoms with E-state index in [1.807, 2.05) is 13.8 Å². The third-order valence-corrected chi connectivity index (χ3v) is 5.55. The summed E-state index contributed by atoms with van der Waals surface area (Å²) in [6.45, 7) is 9.62. The normalized spacial score (nSPS) is 10.8. The van der Waals surface area contributed by atoms with E-state index in [2.05, 4.69) is 11.6 Å². The van der Waals surface area contributed by atoms with Crippen molar-refractivity contribution in [2.45, 2.75) is 32.0 Å². The predicted octanol–water partition coefficient (Wildman–Crippen LogP) is 2.74. The molecule has 1 aromatic carbocycles. The van der Waals surface area contributed by atoms with Crippen molar-refractivity contribution in [1.29, 1.82) is 0 Å². The van der Waals surface area contributed by atoms with Crippen molar-refractivity contribution in [2.24, 2.45) is 0 Å². The van der Waals surface area contributed by atoms with Crippen molar-refractivity contribution in [1.82, 2.24) is 14.5 Å². The number of hydrogen-bond donors (Lipinski definition) is 0. The lowest BCUT2D eigenvalue weighted by molar-refractivity contribution is -0.127. The standard InChI is InChI=1S/C22H29N3O5S/c1-6-24(13-15(2)3)19(26)14-31-22-23-18-12-16(21(28)30-5)8-9-17(18)20(27)25(22)10-7-11-29-4/h8-9,12H,2,6-7,10-11,13-14H2,1,3-5H3. The van der Waals surface area contributed by atoms with Gasteiger partial charge >= 0.3 is 5.97 Å². The largest absolute Gasteiger partial charge is 0.465 e. The second kappa shape index (κ2) is 11.7. The SMILES string of the molecule is C=C(C)CN(CC)C(=O)CSc1nc2cc(C(=O)OC)ccc2c(=O)n1CCCOC. The highest BCUT2D eigenvalue weighted by atomic mass is 32.2. The number of carbonyl (C=O) groups is 2. The number of ether oxygens (including phenoxy) is 2. The molecule has 0 N–H and O–H groups in total. The van der Waals surface area contributed by atoms with Crippen LogP contribution in [-0.2, 0) is 20.8 Å². The Morgan fingerprint density at radius 2 is 2.03 bits per heavy atom. The molecule has 0 aliphatic rings. The second-order valence-corrected chi connectivity index (χ2v) is 8.02. The highest BCUT2D eigenvalue weighted by Gasteiger charge is 2.17. The molecule has 2 aromatic rings. The number of benzene rings is 1. The summed E-state index contributed by atoms with van der Waals surface area (Å²) >= 11 is 1.21. The first-order valence-corrected chi connectivity index (χ1v) is 11.0. The fourth-order valence-electron chi connectivity index (χ4n) is 3.04. The average molecular weight is 448 g/mol. The molecular formula is C22H29N3O5S. The number of hydrogen-bond acceptors (Lipinski definition) is 7. The molecule has 1 amide bonds. The topological polar surface area (TPSA) is 90.7 Å². The highest BCUT2D eigenvalue weighted by Crippen LogP contribution is 2.20. The fraction of sp³-hybridized carbons (Fsp3) is 0.455. The summed E-state index contributed by atoms with van der Waals surface area (Å²) in [4.78, 5) is 43.9. The van der Waals surface area contributed by atoms with E-state index in [1.165, 1.54) is 24.9 Å². The number of aromatic nitrogens is 2. The van der Waals surface area contributed by atoms with Gasteiger partial charge in [0.05, 0.1) is 29.3 Å². The van der Waals surface area contributed by atoms with Gasteiger partial charge in [0.25, 0.3) is 5.56 Å². The van der Waals surface area contributed by atoms with Gasteiger partial charge in [-0.3, -0.25) is 14.2 Å². The van der Waals surface area contributed by atoms with Crippen molar-refractivity contribution < 1.29 is 19.1 Å². The molecule has 0 atom stereocenters. The van der Waals surface area contributed by atoms with Crippen LogP contribution in [0.15, 0.2) is 40.3 Å². The number of esters is 1. The summed E-state index contributed by atoms with van der Waals surface area (Å²) in [6, 6.07) is 4.66. The van der Waals surface area contributed by atoms with Gasteiger partial charge in [0.1, 0.15) is 0 Å². The zero-order valence-electron chi connectivity index (χ0n) is 18.5. The van der Waals surface area contributed by atoms with Crippen molar-refractivity contribution >= 4 is 34.5 Å². The van der Waals surface area contributed by atoms with Gasteiger partial charge in [-0.1, -0.05) is 23.9 Å². The van der Waals surface area contributed by atoms with E-state index in [0.717, 1.165) is 5.57 Å². The predicted molar refractivity (Wildman–Crippen MR) is 122 cm³/mol. The van der Waals surface area contributed by atoms with E-state index >= 15 is 0 Å². The maximum Gasteiger partial charge on any atom is 0.337 e. The number of nitrogens with zero attached hydrogens (tertiary/aromatic N) is 3. The minimum atomic E-state index is -0.504. The average Bonchev–Trinajstić information content (AvgIpc) is 2.76. The maximum absolute atomic E-state index is 13.1. The maximum atomic E-state index is 13.1. The summed E-state index contributed by atoms with van der Waals surface area (Å²) in [6.07, 6.45) is 0.627. The molecule has 168 valence electrons. The molecule has 0 unspecified atom stereocenters. The molecule has 9 heteroatoms. The van der Waals surface area contributed by atoms with Crippen LogP contribution in [0.5, 0.6) is 0 Å². The number of fused-ring (bicyclic) bond motifs is 1. The molecule has 0 fully saturated rings. The second-order valence-electron chi connectivity index (χ2n) is 7.07. The molecule has 0 bridgehead atoms. The Bertz CT molecular complexity index is 1020. The van der Waals surface area contributed by atoms with Crippen molar-refractivity contribution in [2.75, 3.05) is 39.7 Å². The van der Waals surface area contributed by atoms with Crippen LogP contribution >= 0.6 is 11.8 Å². The van der Waals surface area contributed by atoms with Gasteiger partial charge in [-0.05, 0) is 38.5 Å². The van der Waals surface area contributed by atoms with Crippen LogP contribution in [0.4, 0.5) is 0 Å². The third kappa shape index (κ3) is 6.41. The number of methoxy groups -OCH3 is 2. The molecule has 1 aromatic heterocycles. The van der Waals surface area contributed by atoms with Crippen LogP contribution in [0.2, 0.25) is 0 Å². The Labute approximate surface area is 186 Å². The first kappa shape index (κ1) is 24.6. The molecular weight excluding hydrogens is 418 g/mol. The van der Waals surface area contributed by atoms with E-state index in [4.69, 9.17) is 9.47 Å². The van der Waals surface area contributed by atoms with E-state index in [9.17, 15) is 14.4 Å². The molecule has 8 nitrogen and oxygen atoms in total. The van der Waals surface area contributed by atoms with Crippen molar-refractivity contribution in [3.63, 3.8) is 0 Å². The Morgan fingerprint density at radius 3 is 2.65 bits per heavy atom. The van der Waals surface area contributed by atoms with Gasteiger partial charge in [-0.15, -0.1) is 0 Å². The van der Waals surface area contributed by atoms with Gasteiger partial charge in [-0.2, -0.15) is 0 Å². The molecule has 2 rings (SSSR count). The fourth-order valence-corrected chi connectivity index (χ4v) is 3.97. The van der Waals surface area contributed by atoms with Gasteiger partial charge in [-0.25, -0.2) is 9.78 Å². The number of carbonyl (C=O) groups excluding carboxylic acids is 2. The first-order valence-electron chi connectivity index (χ1n) is 9.99. The summed E-state index contributed by atoms with van der Waals surface area (Å²) in [5.74, 6) is -0.424. The Morgan fingerprint density at radius 1 is 1.29 bits per heavy atom. The number of amides is 1. The Hall–Kier alpha value is -2.65. The van der Waals surface area contributed by atoms with E-state index in [-0.39, 0.29) is 17.2 Å². The van der Waals surface area contributed by atoms with E-state index in [0.29, 0.717) is 54.3 Å². The van der Waals surface area contributed by atoms with Crippen LogP contribution in [0.25, 0.3) is 10.9 Å². The molecule has 0 spiro atoms. The van der Waals surface area contributed by atoms with Gasteiger partial charge in [0.15, 0.2) is 5.16 Å². The Balaban J connectivity index is 2.41. The zero-order valence-corrected chi connectivity index (χ0v) is 19.3. The summed E-state index contributed by atoms with van der Waals surface area (Å²) < 4.78 is 11.4. The summed E-state index contributed by atoms with van der Waals surface area (Å²) in [5, 5.41) is 0.827. The van der Waals surface area contributed by atoms with Crippen LogP contribution < -0.4 is 5.56 Å². The Kier molecular flexibility index (Phi) is 9.26. The molecule has 0 aliphatic heterocycles. The quantitative estimate of drug-likeness (QED) is 0.172. The van der Waals surface area contributed by atoms with Crippen LogP contribution in [-0.4, -0.2) is 66.0 Å². The minimum Gasteiger partial charge on any atom is -0.465 e. The lowest BCUT2D eigenvalue weighted by atomic mass is 10.1.